The first-order chi connectivity index (χ1) is 16.7. The lowest BCUT2D eigenvalue weighted by molar-refractivity contribution is -0.201. The second kappa shape index (κ2) is 11.0. The summed E-state index contributed by atoms with van der Waals surface area (Å²) in [6, 6.07) is 2.02. The molecule has 0 unspecified atom stereocenters. The zero-order chi connectivity index (χ0) is 27.3. The van der Waals surface area contributed by atoms with Gasteiger partial charge in [-0.15, -0.1) is 0 Å². The van der Waals surface area contributed by atoms with Gasteiger partial charge in [-0.1, -0.05) is 24.9 Å². The highest BCUT2D eigenvalue weighted by atomic mass is 19.4. The molecule has 0 saturated carbocycles. The number of benzene rings is 1. The fourth-order valence-corrected chi connectivity index (χ4v) is 2.98. The van der Waals surface area contributed by atoms with Crippen LogP contribution in [0.25, 0.3) is 0 Å². The first kappa shape index (κ1) is 28.7. The van der Waals surface area contributed by atoms with Gasteiger partial charge in [0.15, 0.2) is 5.76 Å². The van der Waals surface area contributed by atoms with Crippen LogP contribution >= 0.6 is 0 Å². The number of alkyl halides is 7. The van der Waals surface area contributed by atoms with Crippen molar-refractivity contribution in [2.24, 2.45) is 5.16 Å². The number of halogens is 7. The topological polar surface area (TPSA) is 94.4 Å². The Morgan fingerprint density at radius 1 is 1.03 bits per heavy atom. The summed E-state index contributed by atoms with van der Waals surface area (Å²) in [7, 11) is 0.770. The molecule has 0 aromatic heterocycles. The fourth-order valence-electron chi connectivity index (χ4n) is 2.98. The maximum atomic E-state index is 15.6. The van der Waals surface area contributed by atoms with Gasteiger partial charge >= 0.3 is 30.0 Å². The van der Waals surface area contributed by atoms with Gasteiger partial charge in [-0.05, 0) is 36.8 Å². The van der Waals surface area contributed by atoms with E-state index in [9.17, 15) is 41.0 Å². The van der Waals surface area contributed by atoms with Crippen LogP contribution in [0.4, 0.5) is 30.7 Å². The average Bonchev–Trinajstić information content (AvgIpc) is 2.79. The van der Waals surface area contributed by atoms with Crippen LogP contribution in [-0.2, 0) is 25.3 Å². The number of carbonyl (C=O) groups is 2. The SMILES string of the molecule is CCCCCOC(=O)C1=CC(=NOC)[C@](F)(C(F)(F)F)C(OC(=O)c2ccc(C(F)(F)F)cc2)=C1O. The molecule has 36 heavy (non-hydrogen) atoms. The summed E-state index contributed by atoms with van der Waals surface area (Å²) in [6.45, 7) is 1.66. The van der Waals surface area contributed by atoms with Crippen molar-refractivity contribution in [1.29, 1.82) is 0 Å². The molecular formula is C22H20F7NO6. The van der Waals surface area contributed by atoms with E-state index in [1.165, 1.54) is 0 Å². The monoisotopic (exact) mass is 527 g/mol. The van der Waals surface area contributed by atoms with E-state index < -0.39 is 63.9 Å². The Bertz CT molecular complexity index is 1070. The van der Waals surface area contributed by atoms with Crippen LogP contribution in [0.2, 0.25) is 0 Å². The molecule has 0 fully saturated rings. The summed E-state index contributed by atoms with van der Waals surface area (Å²) >= 11 is 0. The first-order valence-corrected chi connectivity index (χ1v) is 10.3. The van der Waals surface area contributed by atoms with Crippen LogP contribution in [0.1, 0.15) is 42.1 Å². The number of oxime groups is 1. The van der Waals surface area contributed by atoms with Crippen molar-refractivity contribution in [1.82, 2.24) is 0 Å². The molecule has 2 rings (SSSR count). The highest BCUT2D eigenvalue weighted by molar-refractivity contribution is 6.12. The summed E-state index contributed by atoms with van der Waals surface area (Å²) in [5.41, 5.74) is -9.29. The van der Waals surface area contributed by atoms with Crippen LogP contribution in [0.15, 0.2) is 52.6 Å². The zero-order valence-electron chi connectivity index (χ0n) is 18.8. The van der Waals surface area contributed by atoms with E-state index in [1.807, 2.05) is 6.92 Å². The molecule has 1 aliphatic rings. The van der Waals surface area contributed by atoms with E-state index in [0.717, 1.165) is 13.5 Å². The van der Waals surface area contributed by atoms with Crippen molar-refractivity contribution in [3.63, 3.8) is 0 Å². The second-order valence-corrected chi connectivity index (χ2v) is 7.36. The fraction of sp³-hybridized carbons (Fsp3) is 0.409. The lowest BCUT2D eigenvalue weighted by Crippen LogP contribution is -2.52. The largest absolute Gasteiger partial charge is 0.504 e. The van der Waals surface area contributed by atoms with Crippen molar-refractivity contribution >= 4 is 17.7 Å². The molecular weight excluding hydrogens is 507 g/mol. The molecule has 0 aliphatic heterocycles. The molecule has 0 spiro atoms. The van der Waals surface area contributed by atoms with Crippen molar-refractivity contribution in [3.8, 4) is 0 Å². The normalized spacial score (nSPS) is 19.7. The third-order valence-electron chi connectivity index (χ3n) is 4.84. The van der Waals surface area contributed by atoms with Crippen molar-refractivity contribution in [3.05, 3.63) is 58.6 Å². The third-order valence-corrected chi connectivity index (χ3v) is 4.84. The third kappa shape index (κ3) is 5.97. The highest BCUT2D eigenvalue weighted by Crippen LogP contribution is 2.46. The number of rotatable bonds is 8. The number of carbonyl (C=O) groups excluding carboxylic acids is 2. The molecule has 1 aromatic rings. The van der Waals surface area contributed by atoms with Crippen LogP contribution < -0.4 is 0 Å². The molecule has 0 saturated heterocycles. The predicted octanol–water partition coefficient (Wildman–Crippen LogP) is 5.58. The van der Waals surface area contributed by atoms with Gasteiger partial charge in [0, 0.05) is 0 Å². The summed E-state index contributed by atoms with van der Waals surface area (Å²) in [5, 5.41) is 13.3. The van der Waals surface area contributed by atoms with E-state index >= 15 is 4.39 Å². The van der Waals surface area contributed by atoms with E-state index in [1.54, 1.807) is 0 Å². The van der Waals surface area contributed by atoms with Gasteiger partial charge in [-0.2, -0.15) is 26.3 Å². The van der Waals surface area contributed by atoms with Crippen molar-refractivity contribution in [2.45, 2.75) is 44.2 Å². The Morgan fingerprint density at radius 2 is 1.64 bits per heavy atom. The van der Waals surface area contributed by atoms with Gasteiger partial charge in [0.25, 0.3) is 0 Å². The van der Waals surface area contributed by atoms with E-state index in [0.29, 0.717) is 37.1 Å². The second-order valence-electron chi connectivity index (χ2n) is 7.36. The number of nitrogens with zero attached hydrogens (tertiary/aromatic N) is 1. The Balaban J connectivity index is 2.54. The quantitative estimate of drug-likeness (QED) is 0.205. The Morgan fingerprint density at radius 3 is 2.14 bits per heavy atom. The average molecular weight is 527 g/mol. The van der Waals surface area contributed by atoms with E-state index in [2.05, 4.69) is 14.7 Å². The molecule has 1 atom stereocenters. The molecule has 0 amide bonds. The van der Waals surface area contributed by atoms with Gasteiger partial charge in [0.05, 0.1) is 17.7 Å². The standard InChI is InChI=1S/C22H20F7NO6/c1-3-4-5-10-35-19(33)14-11-15(30-34-2)20(23,22(27,28)29)17(16(14)31)36-18(32)12-6-8-13(9-7-12)21(24,25)26/h6-9,11,31H,3-5,10H2,1-2H3/t20-/m1/s1. The number of ether oxygens (including phenoxy) is 2. The van der Waals surface area contributed by atoms with Gasteiger partial charge in [-0.25, -0.2) is 14.0 Å². The lowest BCUT2D eigenvalue weighted by atomic mass is 9.87. The van der Waals surface area contributed by atoms with Gasteiger partial charge in [0.2, 0.25) is 5.76 Å². The number of allylic oxidation sites excluding steroid dienone is 2. The molecule has 14 heteroatoms. The minimum Gasteiger partial charge on any atom is -0.504 e. The van der Waals surface area contributed by atoms with E-state index in [-0.39, 0.29) is 12.7 Å². The number of unbranched alkanes of at least 4 members (excludes halogenated alkanes) is 2. The molecule has 198 valence electrons. The summed E-state index contributed by atoms with van der Waals surface area (Å²) in [6.07, 6.45) is -8.69. The molecule has 0 heterocycles. The number of esters is 2. The molecule has 7 nitrogen and oxygen atoms in total. The van der Waals surface area contributed by atoms with Crippen LogP contribution in [-0.4, -0.2) is 48.3 Å². The highest BCUT2D eigenvalue weighted by Gasteiger charge is 2.67. The first-order valence-electron chi connectivity index (χ1n) is 10.3. The maximum Gasteiger partial charge on any atom is 0.436 e. The number of aliphatic hydroxyl groups excluding tert-OH is 1. The minimum atomic E-state index is -5.90. The zero-order valence-corrected chi connectivity index (χ0v) is 18.8. The van der Waals surface area contributed by atoms with Crippen LogP contribution in [0.3, 0.4) is 0 Å². The summed E-state index contributed by atoms with van der Waals surface area (Å²) in [4.78, 5) is 29.0. The van der Waals surface area contributed by atoms with Gasteiger partial charge in [0.1, 0.15) is 18.4 Å². The van der Waals surface area contributed by atoms with Crippen LogP contribution in [0.5, 0.6) is 0 Å². The summed E-state index contributed by atoms with van der Waals surface area (Å²) < 4.78 is 105. The Labute approximate surface area is 199 Å². The Hall–Kier alpha value is -3.58. The molecule has 1 aromatic carbocycles. The lowest BCUT2D eigenvalue weighted by Gasteiger charge is -2.32. The molecule has 1 aliphatic carbocycles. The van der Waals surface area contributed by atoms with Crippen molar-refractivity contribution in [2.75, 3.05) is 13.7 Å². The van der Waals surface area contributed by atoms with Crippen molar-refractivity contribution < 1.29 is 59.7 Å². The number of aliphatic hydroxyl groups is 1. The molecule has 1 N–H and O–H groups in total. The number of hydrogen-bond donors (Lipinski definition) is 1. The summed E-state index contributed by atoms with van der Waals surface area (Å²) in [5.74, 6) is -6.94. The van der Waals surface area contributed by atoms with Crippen LogP contribution in [0, 0.1) is 0 Å². The maximum absolute atomic E-state index is 15.6. The van der Waals surface area contributed by atoms with Gasteiger partial charge in [-0.3, -0.25) is 0 Å². The van der Waals surface area contributed by atoms with Gasteiger partial charge < -0.3 is 19.4 Å². The molecule has 0 bridgehead atoms. The smallest absolute Gasteiger partial charge is 0.436 e. The van der Waals surface area contributed by atoms with E-state index in [4.69, 9.17) is 4.74 Å². The molecule has 0 radical (unpaired) electrons. The number of hydrogen-bond acceptors (Lipinski definition) is 7. The minimum absolute atomic E-state index is 0.186. The predicted molar refractivity (Wildman–Crippen MR) is 109 cm³/mol. The Kier molecular flexibility index (Phi) is 8.75.